The van der Waals surface area contributed by atoms with E-state index in [4.69, 9.17) is 0 Å². The van der Waals surface area contributed by atoms with E-state index in [9.17, 15) is 4.79 Å². The van der Waals surface area contributed by atoms with Crippen molar-refractivity contribution in [2.24, 2.45) is 5.92 Å². The second-order valence-electron chi connectivity index (χ2n) is 4.13. The van der Waals surface area contributed by atoms with E-state index in [1.807, 2.05) is 38.1 Å². The number of hydrogen-bond acceptors (Lipinski definition) is 5. The Labute approximate surface area is 120 Å². The first-order chi connectivity index (χ1) is 9.19. The normalized spacial score (nSPS) is 12.1. The first-order valence-electron chi connectivity index (χ1n) is 6.04. The molecule has 1 aromatic heterocycles. The summed E-state index contributed by atoms with van der Waals surface area (Å²) in [4.78, 5) is 12.8. The number of nitrogens with one attached hydrogen (secondary N) is 1. The molecule has 0 saturated heterocycles. The lowest BCUT2D eigenvalue weighted by atomic mass is 10.1. The highest BCUT2D eigenvalue weighted by Crippen LogP contribution is 2.29. The molecular formula is C13H15N3OS2. The van der Waals surface area contributed by atoms with E-state index in [1.165, 1.54) is 11.3 Å². The highest BCUT2D eigenvalue weighted by atomic mass is 32.2. The van der Waals surface area contributed by atoms with E-state index < -0.39 is 0 Å². The van der Waals surface area contributed by atoms with Crippen LogP contribution in [0.3, 0.4) is 0 Å². The minimum Gasteiger partial charge on any atom is -0.326 e. The fourth-order valence-corrected chi connectivity index (χ4v) is 2.82. The van der Waals surface area contributed by atoms with Crippen LogP contribution in [-0.4, -0.2) is 16.1 Å². The lowest BCUT2D eigenvalue weighted by Crippen LogP contribution is -2.19. The Balaban J connectivity index is 1.96. The van der Waals surface area contributed by atoms with Gasteiger partial charge in [-0.25, -0.2) is 0 Å². The van der Waals surface area contributed by atoms with Gasteiger partial charge in [-0.05, 0) is 30.7 Å². The molecule has 0 radical (unpaired) electrons. The third kappa shape index (κ3) is 4.04. The minimum absolute atomic E-state index is 0.0374. The average molecular weight is 293 g/mol. The monoisotopic (exact) mass is 293 g/mol. The van der Waals surface area contributed by atoms with Crippen molar-refractivity contribution in [2.75, 3.05) is 5.32 Å². The van der Waals surface area contributed by atoms with E-state index in [0.29, 0.717) is 0 Å². The molecule has 1 unspecified atom stereocenters. The molecule has 0 saturated carbocycles. The fourth-order valence-electron chi connectivity index (χ4n) is 1.37. The van der Waals surface area contributed by atoms with Crippen molar-refractivity contribution in [3.63, 3.8) is 0 Å². The molecule has 100 valence electrons. The quantitative estimate of drug-likeness (QED) is 0.913. The number of amides is 1. The lowest BCUT2D eigenvalue weighted by molar-refractivity contribution is -0.119. The Bertz CT molecular complexity index is 525. The number of carbonyl (C=O) groups is 1. The van der Waals surface area contributed by atoms with Crippen LogP contribution >= 0.6 is 23.1 Å². The summed E-state index contributed by atoms with van der Waals surface area (Å²) in [6.45, 7) is 3.93. The van der Waals surface area contributed by atoms with Crippen LogP contribution in [-0.2, 0) is 4.79 Å². The number of anilines is 1. The molecule has 1 amide bonds. The number of nitrogens with zero attached hydrogens (tertiary/aromatic N) is 2. The van der Waals surface area contributed by atoms with Gasteiger partial charge in [0, 0.05) is 16.5 Å². The molecule has 0 fully saturated rings. The number of aromatic nitrogens is 2. The molecule has 19 heavy (non-hydrogen) atoms. The Morgan fingerprint density at radius 1 is 1.42 bits per heavy atom. The maximum Gasteiger partial charge on any atom is 0.227 e. The summed E-state index contributed by atoms with van der Waals surface area (Å²) in [5, 5.41) is 10.7. The van der Waals surface area contributed by atoms with Crippen molar-refractivity contribution in [2.45, 2.75) is 29.5 Å². The van der Waals surface area contributed by atoms with E-state index in [1.54, 1.807) is 17.3 Å². The zero-order valence-electron chi connectivity index (χ0n) is 10.8. The Morgan fingerprint density at radius 2 is 2.16 bits per heavy atom. The molecule has 4 nitrogen and oxygen atoms in total. The molecule has 1 N–H and O–H groups in total. The van der Waals surface area contributed by atoms with Gasteiger partial charge >= 0.3 is 0 Å². The van der Waals surface area contributed by atoms with Gasteiger partial charge in [0.1, 0.15) is 5.51 Å². The predicted molar refractivity (Wildman–Crippen MR) is 78.6 cm³/mol. The first-order valence-corrected chi connectivity index (χ1v) is 7.73. The van der Waals surface area contributed by atoms with Crippen LogP contribution in [0.15, 0.2) is 39.0 Å². The van der Waals surface area contributed by atoms with Crippen molar-refractivity contribution in [1.82, 2.24) is 10.2 Å². The average Bonchev–Trinajstić information content (AvgIpc) is 2.93. The van der Waals surface area contributed by atoms with Crippen molar-refractivity contribution >= 4 is 34.7 Å². The standard InChI is InChI=1S/C13H15N3OS2/c1-3-9(2)12(17)15-10-4-6-11(7-5-10)19-13-16-14-8-18-13/h4-9H,3H2,1-2H3,(H,15,17). The van der Waals surface area contributed by atoms with Gasteiger partial charge in [0.05, 0.1) is 0 Å². The summed E-state index contributed by atoms with van der Waals surface area (Å²) < 4.78 is 0.913. The second-order valence-corrected chi connectivity index (χ2v) is 6.28. The van der Waals surface area contributed by atoms with E-state index >= 15 is 0 Å². The van der Waals surface area contributed by atoms with Crippen LogP contribution in [0.2, 0.25) is 0 Å². The van der Waals surface area contributed by atoms with Crippen molar-refractivity contribution in [3.8, 4) is 0 Å². The van der Waals surface area contributed by atoms with Crippen LogP contribution in [0.4, 0.5) is 5.69 Å². The summed E-state index contributed by atoms with van der Waals surface area (Å²) in [6, 6.07) is 7.75. The van der Waals surface area contributed by atoms with Crippen LogP contribution in [0.25, 0.3) is 0 Å². The molecule has 0 aliphatic rings. The molecule has 1 atom stereocenters. The molecule has 1 aromatic carbocycles. The lowest BCUT2D eigenvalue weighted by Gasteiger charge is -2.10. The Morgan fingerprint density at radius 3 is 2.74 bits per heavy atom. The first kappa shape index (κ1) is 14.0. The number of carbonyl (C=O) groups excluding carboxylic acids is 1. The highest BCUT2D eigenvalue weighted by molar-refractivity contribution is 8.01. The fraction of sp³-hybridized carbons (Fsp3) is 0.308. The Hall–Kier alpha value is -1.40. The van der Waals surface area contributed by atoms with Crippen LogP contribution < -0.4 is 5.32 Å². The number of hydrogen-bond donors (Lipinski definition) is 1. The molecule has 6 heteroatoms. The SMILES string of the molecule is CCC(C)C(=O)Nc1ccc(Sc2nncs2)cc1. The van der Waals surface area contributed by atoms with Crippen molar-refractivity contribution < 1.29 is 4.79 Å². The summed E-state index contributed by atoms with van der Waals surface area (Å²) in [7, 11) is 0. The van der Waals surface area contributed by atoms with E-state index in [-0.39, 0.29) is 11.8 Å². The molecule has 0 aliphatic heterocycles. The number of benzene rings is 1. The predicted octanol–water partition coefficient (Wildman–Crippen LogP) is 3.67. The largest absolute Gasteiger partial charge is 0.326 e. The highest BCUT2D eigenvalue weighted by Gasteiger charge is 2.10. The maximum absolute atomic E-state index is 11.8. The third-order valence-corrected chi connectivity index (χ3v) is 4.51. The van der Waals surface area contributed by atoms with Crippen molar-refractivity contribution in [1.29, 1.82) is 0 Å². The zero-order chi connectivity index (χ0) is 13.7. The Kier molecular flexibility index (Phi) is 4.93. The summed E-state index contributed by atoms with van der Waals surface area (Å²) >= 11 is 3.08. The summed E-state index contributed by atoms with van der Waals surface area (Å²) in [5.74, 6) is 0.0995. The molecule has 2 aromatic rings. The van der Waals surface area contributed by atoms with Gasteiger partial charge in [-0.15, -0.1) is 10.2 Å². The summed E-state index contributed by atoms with van der Waals surface area (Å²) in [6.07, 6.45) is 0.844. The van der Waals surface area contributed by atoms with Gasteiger partial charge in [0.15, 0.2) is 4.34 Å². The smallest absolute Gasteiger partial charge is 0.227 e. The molecule has 2 rings (SSSR count). The van der Waals surface area contributed by atoms with E-state index in [0.717, 1.165) is 21.3 Å². The van der Waals surface area contributed by atoms with Gasteiger partial charge in [0.25, 0.3) is 0 Å². The van der Waals surface area contributed by atoms with Crippen molar-refractivity contribution in [3.05, 3.63) is 29.8 Å². The molecule has 0 aliphatic carbocycles. The maximum atomic E-state index is 11.8. The topological polar surface area (TPSA) is 54.9 Å². The van der Waals surface area contributed by atoms with E-state index in [2.05, 4.69) is 15.5 Å². The van der Waals surface area contributed by atoms with Crippen LogP contribution in [0.5, 0.6) is 0 Å². The third-order valence-electron chi connectivity index (χ3n) is 2.73. The van der Waals surface area contributed by atoms with Gasteiger partial charge in [0.2, 0.25) is 5.91 Å². The minimum atomic E-state index is 0.0374. The van der Waals surface area contributed by atoms with Gasteiger partial charge < -0.3 is 5.32 Å². The van der Waals surface area contributed by atoms with Gasteiger partial charge in [-0.3, -0.25) is 4.79 Å². The molecule has 0 spiro atoms. The molecule has 1 heterocycles. The zero-order valence-corrected chi connectivity index (χ0v) is 12.4. The molecular weight excluding hydrogens is 278 g/mol. The molecule has 0 bridgehead atoms. The van der Waals surface area contributed by atoms with Crippen LogP contribution in [0, 0.1) is 5.92 Å². The van der Waals surface area contributed by atoms with Gasteiger partial charge in [-0.1, -0.05) is 36.9 Å². The second kappa shape index (κ2) is 6.68. The van der Waals surface area contributed by atoms with Gasteiger partial charge in [-0.2, -0.15) is 0 Å². The number of rotatable bonds is 5. The van der Waals surface area contributed by atoms with Crippen LogP contribution in [0.1, 0.15) is 20.3 Å². The summed E-state index contributed by atoms with van der Waals surface area (Å²) in [5.41, 5.74) is 2.54.